The van der Waals surface area contributed by atoms with Crippen molar-refractivity contribution in [2.75, 3.05) is 5.75 Å². The lowest BCUT2D eigenvalue weighted by atomic mass is 10.3. The Bertz CT molecular complexity index is 184. The summed E-state index contributed by atoms with van der Waals surface area (Å²) in [7, 11) is 2.00. The molecule has 3 heteroatoms. The van der Waals surface area contributed by atoms with E-state index in [9.17, 15) is 0 Å². The average molecular weight is 247 g/mol. The van der Waals surface area contributed by atoms with Crippen LogP contribution in [0.5, 0.6) is 0 Å². The predicted molar refractivity (Wildman–Crippen MR) is 78.3 cm³/mol. The van der Waals surface area contributed by atoms with Crippen molar-refractivity contribution < 1.29 is 0 Å². The second-order valence-electron chi connectivity index (χ2n) is 3.30. The first kappa shape index (κ1) is 17.4. The zero-order valence-corrected chi connectivity index (χ0v) is 12.1. The number of hydrogen-bond donors (Lipinski definition) is 2. The van der Waals surface area contributed by atoms with Crippen LogP contribution in [0.4, 0.5) is 0 Å². The van der Waals surface area contributed by atoms with E-state index in [1.807, 2.05) is 43.1 Å². The van der Waals surface area contributed by atoms with Gasteiger partial charge in [0.25, 0.3) is 0 Å². The largest absolute Gasteiger partial charge is 0.357 e. The van der Waals surface area contributed by atoms with Crippen LogP contribution in [0.25, 0.3) is 0 Å². The molecule has 1 aromatic rings. The molecule has 0 radical (unpaired) electrons. The van der Waals surface area contributed by atoms with Gasteiger partial charge in [-0.25, -0.2) is 0 Å². The minimum absolute atomic E-state index is 0.593. The van der Waals surface area contributed by atoms with Crippen LogP contribution >= 0.6 is 25.3 Å². The number of rotatable bonds is 2. The summed E-state index contributed by atoms with van der Waals surface area (Å²) < 4.78 is 2.00. The third-order valence-corrected chi connectivity index (χ3v) is 1.72. The Morgan fingerprint density at radius 1 is 1.20 bits per heavy atom. The summed E-state index contributed by atoms with van der Waals surface area (Å²) in [4.78, 5) is 0. The Morgan fingerprint density at radius 3 is 1.67 bits per heavy atom. The van der Waals surface area contributed by atoms with Crippen LogP contribution in [-0.4, -0.2) is 15.6 Å². The minimum atomic E-state index is 0.593. The Kier molecular flexibility index (Phi) is 16.2. The maximum Gasteiger partial charge on any atom is 0.0106 e. The highest BCUT2D eigenvalue weighted by molar-refractivity contribution is 7.80. The van der Waals surface area contributed by atoms with Gasteiger partial charge in [-0.3, -0.25) is 0 Å². The van der Waals surface area contributed by atoms with E-state index in [0.717, 1.165) is 5.75 Å². The summed E-state index contributed by atoms with van der Waals surface area (Å²) in [5, 5.41) is 0.593. The van der Waals surface area contributed by atoms with Crippen molar-refractivity contribution >= 4 is 25.3 Å². The first-order valence-electron chi connectivity index (χ1n) is 5.44. The summed E-state index contributed by atoms with van der Waals surface area (Å²) >= 11 is 7.97. The van der Waals surface area contributed by atoms with Crippen LogP contribution in [0.15, 0.2) is 24.5 Å². The first-order chi connectivity index (χ1) is 7.08. The molecule has 0 aliphatic rings. The Morgan fingerprint density at radius 2 is 1.60 bits per heavy atom. The maximum atomic E-state index is 4.18. The molecular formula is C12H25NS2. The highest BCUT2D eigenvalue weighted by Gasteiger charge is 1.86. The number of hydrogen-bond acceptors (Lipinski definition) is 2. The molecule has 0 saturated heterocycles. The fourth-order valence-corrected chi connectivity index (χ4v) is 1.10. The summed E-state index contributed by atoms with van der Waals surface area (Å²) in [6, 6.07) is 4.00. The highest BCUT2D eigenvalue weighted by Crippen LogP contribution is 2.00. The highest BCUT2D eigenvalue weighted by atomic mass is 32.1. The Balaban J connectivity index is 0. The van der Waals surface area contributed by atoms with Gasteiger partial charge in [-0.2, -0.15) is 25.3 Å². The molecule has 1 unspecified atom stereocenters. The van der Waals surface area contributed by atoms with Crippen molar-refractivity contribution in [3.63, 3.8) is 0 Å². The van der Waals surface area contributed by atoms with Crippen LogP contribution in [0.3, 0.4) is 0 Å². The van der Waals surface area contributed by atoms with Gasteiger partial charge in [0, 0.05) is 19.4 Å². The molecule has 0 N–H and O–H groups in total. The molecule has 0 aromatic carbocycles. The van der Waals surface area contributed by atoms with Crippen LogP contribution in [0.2, 0.25) is 0 Å². The van der Waals surface area contributed by atoms with E-state index >= 15 is 0 Å². The van der Waals surface area contributed by atoms with E-state index in [-0.39, 0.29) is 0 Å². The summed E-state index contributed by atoms with van der Waals surface area (Å²) in [6.07, 6.45) is 6.49. The third kappa shape index (κ3) is 20.1. The molecule has 1 rings (SSSR count). The van der Waals surface area contributed by atoms with Gasteiger partial charge >= 0.3 is 0 Å². The molecule has 1 nitrogen and oxygen atoms in total. The van der Waals surface area contributed by atoms with Crippen molar-refractivity contribution in [2.24, 2.45) is 7.05 Å². The van der Waals surface area contributed by atoms with Crippen molar-refractivity contribution in [1.82, 2.24) is 4.57 Å². The van der Waals surface area contributed by atoms with Crippen molar-refractivity contribution in [1.29, 1.82) is 0 Å². The molecule has 1 heterocycles. The lowest BCUT2D eigenvalue weighted by molar-refractivity contribution is 0.791. The number of aromatic nitrogens is 1. The molecule has 1 aromatic heterocycles. The molecule has 0 bridgehead atoms. The van der Waals surface area contributed by atoms with Gasteiger partial charge in [-0.05, 0) is 29.6 Å². The van der Waals surface area contributed by atoms with Crippen LogP contribution in [0, 0.1) is 0 Å². The molecule has 0 aliphatic heterocycles. The zero-order valence-electron chi connectivity index (χ0n) is 10.3. The zero-order chi connectivity index (χ0) is 12.1. The first-order valence-corrected chi connectivity index (χ1v) is 6.59. The van der Waals surface area contributed by atoms with Gasteiger partial charge in [0.05, 0.1) is 0 Å². The Hall–Kier alpha value is -0.0200. The van der Waals surface area contributed by atoms with Gasteiger partial charge in [-0.15, -0.1) is 0 Å². The summed E-state index contributed by atoms with van der Waals surface area (Å²) in [5.74, 6) is 0.944. The molecule has 1 atom stereocenters. The van der Waals surface area contributed by atoms with E-state index < -0.39 is 0 Å². The Labute approximate surface area is 106 Å². The number of aryl methyl sites for hydroxylation is 1. The van der Waals surface area contributed by atoms with Crippen LogP contribution in [-0.2, 0) is 7.05 Å². The molecule has 90 valence electrons. The molecule has 15 heavy (non-hydrogen) atoms. The summed E-state index contributed by atoms with van der Waals surface area (Å²) in [5.41, 5.74) is 0. The molecule has 0 spiro atoms. The maximum absolute atomic E-state index is 4.18. The van der Waals surface area contributed by atoms with Crippen molar-refractivity contribution in [2.45, 2.75) is 38.9 Å². The average Bonchev–Trinajstić information content (AvgIpc) is 2.58. The van der Waals surface area contributed by atoms with E-state index in [1.165, 1.54) is 12.8 Å². The second-order valence-corrected chi connectivity index (χ2v) is 4.82. The second kappa shape index (κ2) is 14.0. The third-order valence-electron chi connectivity index (χ3n) is 1.46. The topological polar surface area (TPSA) is 4.93 Å². The van der Waals surface area contributed by atoms with Gasteiger partial charge in [0.2, 0.25) is 0 Å². The SMILES string of the molecule is CCCC(C)S.CCS.Cn1cccc1. The fraction of sp³-hybridized carbons (Fsp3) is 0.667. The minimum Gasteiger partial charge on any atom is -0.357 e. The smallest absolute Gasteiger partial charge is 0.0106 e. The predicted octanol–water partition coefficient (Wildman–Crippen LogP) is 4.07. The lowest BCUT2D eigenvalue weighted by Crippen LogP contribution is -1.85. The monoisotopic (exact) mass is 247 g/mol. The summed E-state index contributed by atoms with van der Waals surface area (Å²) in [6.45, 7) is 6.28. The molecule has 0 aliphatic carbocycles. The van der Waals surface area contributed by atoms with E-state index in [2.05, 4.69) is 39.1 Å². The van der Waals surface area contributed by atoms with Gasteiger partial charge in [0.15, 0.2) is 0 Å². The fourth-order valence-electron chi connectivity index (χ4n) is 0.838. The molecule has 0 fully saturated rings. The van der Waals surface area contributed by atoms with E-state index in [1.54, 1.807) is 0 Å². The molecule has 0 saturated carbocycles. The van der Waals surface area contributed by atoms with Gasteiger partial charge < -0.3 is 4.57 Å². The van der Waals surface area contributed by atoms with Gasteiger partial charge in [0.1, 0.15) is 0 Å². The van der Waals surface area contributed by atoms with E-state index in [0.29, 0.717) is 5.25 Å². The molecule has 0 amide bonds. The normalized spacial score (nSPS) is 10.5. The van der Waals surface area contributed by atoms with Crippen molar-refractivity contribution in [3.8, 4) is 0 Å². The van der Waals surface area contributed by atoms with Gasteiger partial charge in [-0.1, -0.05) is 27.2 Å². The quantitative estimate of drug-likeness (QED) is 0.727. The van der Waals surface area contributed by atoms with E-state index in [4.69, 9.17) is 0 Å². The standard InChI is InChI=1S/C5H7N.C5H12S.C2H6S/c1-6-4-2-3-5-6;1-3-4-5(2)6;1-2-3/h2-5H,1H3;5-6H,3-4H2,1-2H3;3H,2H2,1H3. The van der Waals surface area contributed by atoms with Crippen molar-refractivity contribution in [3.05, 3.63) is 24.5 Å². The lowest BCUT2D eigenvalue weighted by Gasteiger charge is -1.95. The van der Waals surface area contributed by atoms with Crippen LogP contribution in [0.1, 0.15) is 33.6 Å². The van der Waals surface area contributed by atoms with Crippen LogP contribution < -0.4 is 0 Å². The number of thiol groups is 2. The number of nitrogens with zero attached hydrogens (tertiary/aromatic N) is 1. The molecular weight excluding hydrogens is 222 g/mol.